The average molecular weight is 574 g/mol. The molecule has 0 bridgehead atoms. The molecule has 0 aliphatic carbocycles. The number of carbonyl (C=O) groups excluding carboxylic acids is 1. The number of aromatic carboxylic acids is 1. The Morgan fingerprint density at radius 3 is 2.41 bits per heavy atom. The minimum atomic E-state index is -3.32. The Morgan fingerprint density at radius 1 is 1.13 bits per heavy atom. The van der Waals surface area contributed by atoms with Gasteiger partial charge in [0.15, 0.2) is 32.0 Å². The zero-order chi connectivity index (χ0) is 28.5. The van der Waals surface area contributed by atoms with E-state index in [-0.39, 0.29) is 33.2 Å². The molecule has 4 rings (SSSR count). The molecule has 0 saturated carbocycles. The third-order valence-corrected chi connectivity index (χ3v) is 7.39. The van der Waals surface area contributed by atoms with Crippen molar-refractivity contribution in [2.75, 3.05) is 23.4 Å². The van der Waals surface area contributed by atoms with Crippen LogP contribution >= 0.6 is 11.3 Å². The van der Waals surface area contributed by atoms with Crippen molar-refractivity contribution in [3.8, 4) is 0 Å². The molecule has 0 unspecified atom stereocenters. The highest BCUT2D eigenvalue weighted by Crippen LogP contribution is 2.27. The van der Waals surface area contributed by atoms with E-state index in [2.05, 4.69) is 30.6 Å². The number of anilines is 3. The van der Waals surface area contributed by atoms with E-state index in [1.54, 1.807) is 50.7 Å². The summed E-state index contributed by atoms with van der Waals surface area (Å²) in [6, 6.07) is 6.47. The third kappa shape index (κ3) is 6.86. The van der Waals surface area contributed by atoms with Gasteiger partial charge in [0.25, 0.3) is 0 Å². The quantitative estimate of drug-likeness (QED) is 0.249. The van der Waals surface area contributed by atoms with E-state index >= 15 is 0 Å². The Bertz CT molecular complexity index is 1650. The number of ether oxygens (including phenoxy) is 1. The molecule has 39 heavy (non-hydrogen) atoms. The predicted molar refractivity (Wildman–Crippen MR) is 145 cm³/mol. The molecule has 0 atom stereocenters. The highest BCUT2D eigenvalue weighted by molar-refractivity contribution is 7.90. The van der Waals surface area contributed by atoms with Crippen LogP contribution in [0.15, 0.2) is 35.5 Å². The lowest BCUT2D eigenvalue weighted by molar-refractivity contribution is -0.152. The van der Waals surface area contributed by atoms with Crippen LogP contribution in [0.25, 0.3) is 11.2 Å². The number of fused-ring (bicyclic) bond motifs is 1. The average Bonchev–Trinajstić information content (AvgIpc) is 3.39. The van der Waals surface area contributed by atoms with Crippen LogP contribution in [0.5, 0.6) is 0 Å². The largest absolute Gasteiger partial charge is 0.477 e. The highest BCUT2D eigenvalue weighted by atomic mass is 32.2. The summed E-state index contributed by atoms with van der Waals surface area (Å²) in [4.78, 5) is 41.7. The SMILES string of the molecule is Cc1nc(Nc2nc(NCC(=O)OC(C)(C)C)c3ncn(Cc4ccc(S(C)(=O)=O)cc4)c3n2)sc1C(=O)O. The number of sulfone groups is 1. The number of aryl methyl sites for hydroxylation is 1. The molecule has 206 valence electrons. The van der Waals surface area contributed by atoms with Crippen LogP contribution in [0, 0.1) is 6.92 Å². The van der Waals surface area contributed by atoms with Gasteiger partial charge in [-0.15, -0.1) is 0 Å². The van der Waals surface area contributed by atoms with Crippen LogP contribution in [-0.2, 0) is 25.9 Å². The van der Waals surface area contributed by atoms with Gasteiger partial charge >= 0.3 is 11.9 Å². The van der Waals surface area contributed by atoms with E-state index in [0.717, 1.165) is 23.2 Å². The van der Waals surface area contributed by atoms with Gasteiger partial charge in [-0.1, -0.05) is 23.5 Å². The number of hydrogen-bond acceptors (Lipinski definition) is 12. The number of thiazole rings is 1. The molecule has 0 saturated heterocycles. The third-order valence-electron chi connectivity index (χ3n) is 5.20. The summed E-state index contributed by atoms with van der Waals surface area (Å²) in [5.41, 5.74) is 1.30. The van der Waals surface area contributed by atoms with Crippen molar-refractivity contribution in [2.45, 2.75) is 44.7 Å². The molecule has 0 fully saturated rings. The van der Waals surface area contributed by atoms with Gasteiger partial charge in [0.1, 0.15) is 17.0 Å². The fraction of sp³-hybridized carbons (Fsp3) is 0.333. The molecule has 3 heterocycles. The van der Waals surface area contributed by atoms with Crippen molar-refractivity contribution < 1.29 is 27.9 Å². The van der Waals surface area contributed by atoms with Gasteiger partial charge in [0.05, 0.1) is 23.5 Å². The van der Waals surface area contributed by atoms with Crippen LogP contribution in [-0.4, -0.2) is 68.4 Å². The maximum Gasteiger partial charge on any atom is 0.347 e. The van der Waals surface area contributed by atoms with E-state index in [0.29, 0.717) is 23.4 Å². The number of nitrogens with zero attached hydrogens (tertiary/aromatic N) is 5. The predicted octanol–water partition coefficient (Wildman–Crippen LogP) is 3.24. The normalized spacial score (nSPS) is 11.9. The lowest BCUT2D eigenvalue weighted by Gasteiger charge is -2.19. The molecular weight excluding hydrogens is 546 g/mol. The molecule has 13 nitrogen and oxygen atoms in total. The van der Waals surface area contributed by atoms with Gasteiger partial charge < -0.3 is 19.7 Å². The van der Waals surface area contributed by atoms with Gasteiger partial charge in [-0.05, 0) is 45.4 Å². The second-order valence-corrected chi connectivity index (χ2v) is 12.7. The Hall–Kier alpha value is -4.11. The first-order chi connectivity index (χ1) is 18.2. The molecule has 4 aromatic rings. The van der Waals surface area contributed by atoms with Gasteiger partial charge in [-0.25, -0.2) is 23.2 Å². The maximum atomic E-state index is 12.3. The first kappa shape index (κ1) is 27.9. The Balaban J connectivity index is 1.69. The van der Waals surface area contributed by atoms with E-state index in [4.69, 9.17) is 4.74 Å². The molecule has 0 radical (unpaired) electrons. The number of hydrogen-bond donors (Lipinski definition) is 3. The summed E-state index contributed by atoms with van der Waals surface area (Å²) in [5, 5.41) is 15.5. The van der Waals surface area contributed by atoms with Crippen LogP contribution < -0.4 is 10.6 Å². The molecular formula is C24H27N7O6S2. The number of esters is 1. The van der Waals surface area contributed by atoms with Crippen molar-refractivity contribution >= 4 is 61.2 Å². The standard InChI is InChI=1S/C24H27N7O6S2/c1-13-18(21(33)34)38-23(27-13)30-22-28-19(25-10-16(32)37-24(2,3)4)17-20(29-22)31(12-26-17)11-14-6-8-15(9-7-14)39(5,35)36/h6-9,12H,10-11H2,1-5H3,(H,33,34)(H2,25,27,28,29,30). The first-order valence-corrected chi connectivity index (χ1v) is 14.4. The molecule has 0 aliphatic rings. The number of aromatic nitrogens is 5. The number of benzene rings is 1. The minimum absolute atomic E-state index is 0.0874. The molecule has 0 aliphatic heterocycles. The zero-order valence-electron chi connectivity index (χ0n) is 21.8. The highest BCUT2D eigenvalue weighted by Gasteiger charge is 2.20. The number of carboxylic acids is 1. The maximum absolute atomic E-state index is 12.3. The van der Waals surface area contributed by atoms with Crippen molar-refractivity contribution in [1.29, 1.82) is 0 Å². The summed E-state index contributed by atoms with van der Waals surface area (Å²) in [5.74, 6) is -1.22. The lowest BCUT2D eigenvalue weighted by atomic mass is 10.2. The van der Waals surface area contributed by atoms with Crippen molar-refractivity contribution in [1.82, 2.24) is 24.5 Å². The molecule has 15 heteroatoms. The summed E-state index contributed by atoms with van der Waals surface area (Å²) >= 11 is 0.943. The van der Waals surface area contributed by atoms with Crippen molar-refractivity contribution in [3.05, 3.63) is 46.7 Å². The Morgan fingerprint density at radius 2 is 1.82 bits per heavy atom. The van der Waals surface area contributed by atoms with Gasteiger partial charge in [-0.2, -0.15) is 9.97 Å². The second kappa shape index (κ2) is 10.6. The van der Waals surface area contributed by atoms with Crippen LogP contribution in [0.3, 0.4) is 0 Å². The smallest absolute Gasteiger partial charge is 0.347 e. The van der Waals surface area contributed by atoms with E-state index in [1.165, 1.54) is 12.1 Å². The number of carboxylic acid groups (broad SMARTS) is 1. The summed E-state index contributed by atoms with van der Waals surface area (Å²) in [7, 11) is -3.32. The molecule has 3 N–H and O–H groups in total. The monoisotopic (exact) mass is 573 g/mol. The molecule has 0 spiro atoms. The Labute approximate surface area is 228 Å². The van der Waals surface area contributed by atoms with Crippen LogP contribution in [0.2, 0.25) is 0 Å². The van der Waals surface area contributed by atoms with Crippen molar-refractivity contribution in [2.24, 2.45) is 0 Å². The zero-order valence-corrected chi connectivity index (χ0v) is 23.5. The van der Waals surface area contributed by atoms with E-state index in [1.807, 2.05) is 0 Å². The summed E-state index contributed by atoms with van der Waals surface area (Å²) in [6.45, 7) is 7.03. The van der Waals surface area contributed by atoms with Gasteiger partial charge in [0.2, 0.25) is 5.95 Å². The number of rotatable bonds is 9. The van der Waals surface area contributed by atoms with Crippen molar-refractivity contribution in [3.63, 3.8) is 0 Å². The van der Waals surface area contributed by atoms with Crippen LogP contribution in [0.1, 0.15) is 41.7 Å². The van der Waals surface area contributed by atoms with Crippen LogP contribution in [0.4, 0.5) is 16.9 Å². The fourth-order valence-electron chi connectivity index (χ4n) is 3.56. The van der Waals surface area contributed by atoms with E-state index < -0.39 is 27.4 Å². The lowest BCUT2D eigenvalue weighted by Crippen LogP contribution is -2.28. The topological polar surface area (TPSA) is 178 Å². The van der Waals surface area contributed by atoms with Gasteiger partial charge in [0, 0.05) is 6.26 Å². The Kier molecular flexibility index (Phi) is 7.57. The number of nitrogens with one attached hydrogen (secondary N) is 2. The second-order valence-electron chi connectivity index (χ2n) is 9.66. The number of carbonyl (C=O) groups is 2. The number of imidazole rings is 1. The minimum Gasteiger partial charge on any atom is -0.477 e. The molecule has 0 amide bonds. The first-order valence-electron chi connectivity index (χ1n) is 11.6. The van der Waals surface area contributed by atoms with E-state index in [9.17, 15) is 23.1 Å². The van der Waals surface area contributed by atoms with Gasteiger partial charge in [-0.3, -0.25) is 10.1 Å². The molecule has 3 aromatic heterocycles. The summed E-state index contributed by atoms with van der Waals surface area (Å²) in [6.07, 6.45) is 2.70. The fourth-order valence-corrected chi connectivity index (χ4v) is 4.98. The molecule has 1 aromatic carbocycles. The summed E-state index contributed by atoms with van der Waals surface area (Å²) < 4.78 is 30.7.